The first-order chi connectivity index (χ1) is 10.7. The highest BCUT2D eigenvalue weighted by molar-refractivity contribution is 8.01. The zero-order valence-electron chi connectivity index (χ0n) is 12.8. The van der Waals surface area contributed by atoms with Crippen molar-refractivity contribution in [2.45, 2.75) is 37.4 Å². The summed E-state index contributed by atoms with van der Waals surface area (Å²) in [5, 5.41) is 2.52. The Bertz CT molecular complexity index is 611. The first-order valence-corrected chi connectivity index (χ1v) is 8.95. The van der Waals surface area contributed by atoms with Crippen molar-refractivity contribution in [3.63, 3.8) is 0 Å². The summed E-state index contributed by atoms with van der Waals surface area (Å²) < 4.78 is -0.658. The molecule has 2 atom stereocenters. The number of rotatable bonds is 7. The van der Waals surface area contributed by atoms with Crippen molar-refractivity contribution in [3.05, 3.63) is 42.0 Å². The summed E-state index contributed by atoms with van der Waals surface area (Å²) >= 11 is 1.63. The average molecular weight is 315 g/mol. The maximum absolute atomic E-state index is 12.3. The lowest BCUT2D eigenvalue weighted by atomic mass is 9.72. The number of carbonyl (C=O) groups is 2. The smallest absolute Gasteiger partial charge is 0.247 e. The van der Waals surface area contributed by atoms with Crippen molar-refractivity contribution >= 4 is 29.1 Å². The Morgan fingerprint density at radius 3 is 2.64 bits per heavy atom. The molecule has 0 radical (unpaired) electrons. The van der Waals surface area contributed by atoms with E-state index in [1.54, 1.807) is 11.8 Å². The van der Waals surface area contributed by atoms with Crippen LogP contribution in [-0.4, -0.2) is 22.3 Å². The number of benzene rings is 1. The molecule has 0 aromatic heterocycles. The summed E-state index contributed by atoms with van der Waals surface area (Å²) in [4.78, 5) is 24.5. The fourth-order valence-electron chi connectivity index (χ4n) is 3.19. The molecule has 2 amide bonds. The van der Waals surface area contributed by atoms with E-state index in [-0.39, 0.29) is 17.7 Å². The van der Waals surface area contributed by atoms with Gasteiger partial charge in [0.2, 0.25) is 11.8 Å². The number of fused-ring (bicyclic) bond motifs is 1. The van der Waals surface area contributed by atoms with Gasteiger partial charge in [-0.15, -0.1) is 11.8 Å². The number of hydrogen-bond donors (Lipinski definition) is 1. The van der Waals surface area contributed by atoms with E-state index in [1.165, 1.54) is 19.3 Å². The number of amides is 2. The van der Waals surface area contributed by atoms with Gasteiger partial charge in [0, 0.05) is 0 Å². The molecule has 4 heteroatoms. The van der Waals surface area contributed by atoms with Crippen LogP contribution in [0, 0.1) is 5.92 Å². The van der Waals surface area contributed by atoms with Crippen LogP contribution < -0.4 is 5.32 Å². The first kappa shape index (κ1) is 15.3. The lowest BCUT2D eigenvalue weighted by molar-refractivity contribution is -0.125. The van der Waals surface area contributed by atoms with E-state index in [0.717, 1.165) is 23.3 Å². The molecule has 2 aliphatic rings. The second kappa shape index (κ2) is 6.29. The van der Waals surface area contributed by atoms with Gasteiger partial charge in [0.15, 0.2) is 0 Å². The molecule has 1 heterocycles. The van der Waals surface area contributed by atoms with Crippen molar-refractivity contribution < 1.29 is 9.59 Å². The van der Waals surface area contributed by atoms with E-state index < -0.39 is 4.75 Å². The van der Waals surface area contributed by atoms with Gasteiger partial charge in [-0.25, -0.2) is 0 Å². The zero-order valence-corrected chi connectivity index (χ0v) is 13.6. The lowest BCUT2D eigenvalue weighted by Crippen LogP contribution is -2.45. The van der Waals surface area contributed by atoms with Crippen LogP contribution in [0.2, 0.25) is 0 Å². The molecular weight excluding hydrogens is 294 g/mol. The summed E-state index contributed by atoms with van der Waals surface area (Å²) in [6.07, 6.45) is 6.72. The Hall–Kier alpha value is -1.55. The normalized spacial score (nSPS) is 26.2. The van der Waals surface area contributed by atoms with E-state index in [1.807, 2.05) is 36.4 Å². The maximum Gasteiger partial charge on any atom is 0.247 e. The Morgan fingerprint density at radius 2 is 1.91 bits per heavy atom. The summed E-state index contributed by atoms with van der Waals surface area (Å²) in [5.74, 6) is 0.323. The SMILES string of the molecule is CCCCCCS[C@@]12C=C(c3ccccc3)[C@@H]1C(=O)NC2=O. The van der Waals surface area contributed by atoms with Gasteiger partial charge in [-0.05, 0) is 23.3 Å². The minimum absolute atomic E-state index is 0.136. The fourth-order valence-corrected chi connectivity index (χ4v) is 4.67. The van der Waals surface area contributed by atoms with Crippen LogP contribution in [0.5, 0.6) is 0 Å². The Kier molecular flexibility index (Phi) is 4.39. The van der Waals surface area contributed by atoms with E-state index in [4.69, 9.17) is 0 Å². The summed E-state index contributed by atoms with van der Waals surface area (Å²) in [5.41, 5.74) is 2.03. The van der Waals surface area contributed by atoms with Crippen LogP contribution >= 0.6 is 11.8 Å². The topological polar surface area (TPSA) is 46.2 Å². The summed E-state index contributed by atoms with van der Waals surface area (Å²) in [6.45, 7) is 2.19. The minimum Gasteiger partial charge on any atom is -0.294 e. The van der Waals surface area contributed by atoms with Crippen LogP contribution in [0.3, 0.4) is 0 Å². The van der Waals surface area contributed by atoms with Gasteiger partial charge in [-0.1, -0.05) is 62.6 Å². The standard InChI is InChI=1S/C18H21NO2S/c1-2-3-4-8-11-22-18-12-14(13-9-6-5-7-10-13)15(18)16(20)19-17(18)21/h5-7,9-10,12,15H,2-4,8,11H2,1H3,(H,19,20,21)/t15-,18+/m1/s1. The largest absolute Gasteiger partial charge is 0.294 e. The number of hydrogen-bond acceptors (Lipinski definition) is 3. The van der Waals surface area contributed by atoms with Gasteiger partial charge in [-0.3, -0.25) is 14.9 Å². The van der Waals surface area contributed by atoms with E-state index in [9.17, 15) is 9.59 Å². The molecule has 1 aromatic rings. The van der Waals surface area contributed by atoms with E-state index in [0.29, 0.717) is 0 Å². The van der Waals surface area contributed by atoms with Crippen molar-refractivity contribution in [3.8, 4) is 0 Å². The molecule has 116 valence electrons. The van der Waals surface area contributed by atoms with Crippen LogP contribution in [0.1, 0.15) is 38.2 Å². The van der Waals surface area contributed by atoms with Crippen LogP contribution in [-0.2, 0) is 9.59 Å². The average Bonchev–Trinajstić information content (AvgIpc) is 2.67. The van der Waals surface area contributed by atoms with Crippen molar-refractivity contribution in [1.82, 2.24) is 5.32 Å². The second-order valence-electron chi connectivity index (χ2n) is 5.92. The predicted octanol–water partition coefficient (Wildman–Crippen LogP) is 3.41. The van der Waals surface area contributed by atoms with Crippen LogP contribution in [0.25, 0.3) is 5.57 Å². The third-order valence-electron chi connectivity index (χ3n) is 4.41. The Balaban J connectivity index is 1.75. The van der Waals surface area contributed by atoms with Crippen LogP contribution in [0.4, 0.5) is 0 Å². The van der Waals surface area contributed by atoms with Gasteiger partial charge < -0.3 is 0 Å². The summed E-state index contributed by atoms with van der Waals surface area (Å²) in [7, 11) is 0. The highest BCUT2D eigenvalue weighted by Gasteiger charge is 2.61. The second-order valence-corrected chi connectivity index (χ2v) is 7.29. The Labute approximate surface area is 135 Å². The molecule has 0 bridgehead atoms. The van der Waals surface area contributed by atoms with Gasteiger partial charge in [0.05, 0.1) is 5.92 Å². The highest BCUT2D eigenvalue weighted by Crippen LogP contribution is 2.54. The number of unbranched alkanes of at least 4 members (excludes halogenated alkanes) is 3. The Morgan fingerprint density at radius 1 is 1.14 bits per heavy atom. The van der Waals surface area contributed by atoms with Gasteiger partial charge in [0.25, 0.3) is 0 Å². The third-order valence-corrected chi connectivity index (χ3v) is 5.92. The summed E-state index contributed by atoms with van der Waals surface area (Å²) in [6, 6.07) is 9.87. The van der Waals surface area contributed by atoms with Crippen molar-refractivity contribution in [2.24, 2.45) is 5.92 Å². The van der Waals surface area contributed by atoms with Gasteiger partial charge in [0.1, 0.15) is 4.75 Å². The number of thioether (sulfide) groups is 1. The third kappa shape index (κ3) is 2.50. The lowest BCUT2D eigenvalue weighted by Gasteiger charge is -2.38. The maximum atomic E-state index is 12.3. The zero-order chi connectivity index (χ0) is 15.6. The van der Waals surface area contributed by atoms with E-state index >= 15 is 0 Å². The number of carbonyl (C=O) groups excluding carboxylic acids is 2. The molecule has 0 unspecified atom stereocenters. The molecule has 1 fully saturated rings. The number of nitrogens with one attached hydrogen (secondary N) is 1. The van der Waals surface area contributed by atoms with Crippen molar-refractivity contribution in [1.29, 1.82) is 0 Å². The quantitative estimate of drug-likeness (QED) is 0.619. The van der Waals surface area contributed by atoms with Crippen molar-refractivity contribution in [2.75, 3.05) is 5.75 Å². The van der Waals surface area contributed by atoms with Gasteiger partial charge >= 0.3 is 0 Å². The molecule has 1 aliphatic heterocycles. The highest BCUT2D eigenvalue weighted by atomic mass is 32.2. The van der Waals surface area contributed by atoms with E-state index in [2.05, 4.69) is 12.2 Å². The molecular formula is C18H21NO2S. The number of imide groups is 1. The molecule has 0 saturated carbocycles. The molecule has 1 aliphatic carbocycles. The molecule has 1 N–H and O–H groups in total. The molecule has 1 saturated heterocycles. The molecule has 22 heavy (non-hydrogen) atoms. The van der Waals surface area contributed by atoms with Gasteiger partial charge in [-0.2, -0.15) is 0 Å². The minimum atomic E-state index is -0.658. The molecule has 0 spiro atoms. The molecule has 3 nitrogen and oxygen atoms in total. The predicted molar refractivity (Wildman–Crippen MR) is 90.4 cm³/mol. The fraction of sp³-hybridized carbons (Fsp3) is 0.444. The van der Waals surface area contributed by atoms with Crippen LogP contribution in [0.15, 0.2) is 36.4 Å². The molecule has 1 aromatic carbocycles. The monoisotopic (exact) mass is 315 g/mol. The molecule has 3 rings (SSSR count). The first-order valence-electron chi connectivity index (χ1n) is 7.96.